The zero-order valence-electron chi connectivity index (χ0n) is 17.7. The first-order valence-corrected chi connectivity index (χ1v) is 10.3. The number of nitrogens with one attached hydrogen (secondary N) is 2. The Morgan fingerprint density at radius 2 is 1.94 bits per heavy atom. The molecule has 0 bridgehead atoms. The largest absolute Gasteiger partial charge is 0.497 e. The molecule has 0 spiro atoms. The molecular formula is C22H26N6O3. The third kappa shape index (κ3) is 4.51. The van der Waals surface area contributed by atoms with Crippen molar-refractivity contribution in [2.45, 2.75) is 25.8 Å². The van der Waals surface area contributed by atoms with Crippen molar-refractivity contribution in [1.29, 1.82) is 0 Å². The van der Waals surface area contributed by atoms with Gasteiger partial charge in [-0.1, -0.05) is 12.1 Å². The summed E-state index contributed by atoms with van der Waals surface area (Å²) in [5.74, 6) is 1.07. The lowest BCUT2D eigenvalue weighted by Crippen LogP contribution is -2.37. The molecule has 3 aromatic rings. The summed E-state index contributed by atoms with van der Waals surface area (Å²) in [5.41, 5.74) is 1.98. The standard InChI is InChI=1S/C22H26N6O3/c1-15-18(13-24-28(15)20-9-10-21(29)26-25-20)22(30)23-14-19(27-11-3-4-12-27)16-5-7-17(31-2)8-6-16/h5-10,13,19H,3-4,11-12,14H2,1-2H3,(H,23,30)(H,26,29). The van der Waals surface area contributed by atoms with E-state index in [1.165, 1.54) is 29.8 Å². The number of H-pyrrole nitrogens is 1. The van der Waals surface area contributed by atoms with Crippen LogP contribution < -0.4 is 15.6 Å². The Labute approximate surface area is 180 Å². The summed E-state index contributed by atoms with van der Waals surface area (Å²) in [6, 6.07) is 11.0. The minimum absolute atomic E-state index is 0.0913. The second-order valence-electron chi connectivity index (χ2n) is 7.58. The second kappa shape index (κ2) is 9.13. The van der Waals surface area contributed by atoms with Crippen LogP contribution in [0, 0.1) is 6.92 Å². The lowest BCUT2D eigenvalue weighted by Gasteiger charge is -2.28. The van der Waals surface area contributed by atoms with Crippen molar-refractivity contribution >= 4 is 5.91 Å². The molecule has 1 unspecified atom stereocenters. The first kappa shape index (κ1) is 20.8. The summed E-state index contributed by atoms with van der Waals surface area (Å²) < 4.78 is 6.81. The van der Waals surface area contributed by atoms with Crippen molar-refractivity contribution < 1.29 is 9.53 Å². The number of carbonyl (C=O) groups excluding carboxylic acids is 1. The number of nitrogens with zero attached hydrogens (tertiary/aromatic N) is 4. The van der Waals surface area contributed by atoms with Crippen LogP contribution in [-0.4, -0.2) is 57.5 Å². The molecule has 3 heterocycles. The fraction of sp³-hybridized carbons (Fsp3) is 0.364. The molecule has 0 aliphatic carbocycles. The van der Waals surface area contributed by atoms with Gasteiger partial charge in [0.15, 0.2) is 5.82 Å². The molecule has 0 saturated carbocycles. The van der Waals surface area contributed by atoms with Gasteiger partial charge in [-0.15, -0.1) is 0 Å². The van der Waals surface area contributed by atoms with Crippen LogP contribution in [0.5, 0.6) is 5.75 Å². The number of hydrogen-bond donors (Lipinski definition) is 2. The van der Waals surface area contributed by atoms with Crippen molar-refractivity contribution in [3.8, 4) is 11.6 Å². The van der Waals surface area contributed by atoms with E-state index in [1.807, 2.05) is 12.1 Å². The van der Waals surface area contributed by atoms with Gasteiger partial charge in [-0.25, -0.2) is 9.78 Å². The number of rotatable bonds is 7. The smallest absolute Gasteiger partial charge is 0.264 e. The lowest BCUT2D eigenvalue weighted by molar-refractivity contribution is 0.0937. The van der Waals surface area contributed by atoms with Crippen LogP contribution in [0.2, 0.25) is 0 Å². The van der Waals surface area contributed by atoms with E-state index < -0.39 is 0 Å². The van der Waals surface area contributed by atoms with E-state index in [-0.39, 0.29) is 17.5 Å². The average molecular weight is 422 g/mol. The third-order valence-electron chi connectivity index (χ3n) is 5.67. The van der Waals surface area contributed by atoms with Crippen molar-refractivity contribution in [2.75, 3.05) is 26.7 Å². The van der Waals surface area contributed by atoms with Gasteiger partial charge in [0.1, 0.15) is 5.75 Å². The highest BCUT2D eigenvalue weighted by molar-refractivity contribution is 5.95. The topological polar surface area (TPSA) is 105 Å². The van der Waals surface area contributed by atoms with Gasteiger partial charge < -0.3 is 10.1 Å². The zero-order valence-corrected chi connectivity index (χ0v) is 17.7. The van der Waals surface area contributed by atoms with Crippen molar-refractivity contribution in [2.24, 2.45) is 0 Å². The highest BCUT2D eigenvalue weighted by Crippen LogP contribution is 2.26. The molecule has 1 amide bonds. The first-order valence-electron chi connectivity index (χ1n) is 10.3. The minimum Gasteiger partial charge on any atom is -0.497 e. The molecule has 0 radical (unpaired) electrons. The van der Waals surface area contributed by atoms with E-state index in [1.54, 1.807) is 20.1 Å². The molecule has 2 aromatic heterocycles. The molecule has 4 rings (SSSR count). The monoisotopic (exact) mass is 422 g/mol. The highest BCUT2D eigenvalue weighted by atomic mass is 16.5. The molecule has 9 heteroatoms. The Kier molecular flexibility index (Phi) is 6.13. The average Bonchev–Trinajstić information content (AvgIpc) is 3.45. The molecule has 1 atom stereocenters. The molecule has 1 aliphatic rings. The molecular weight excluding hydrogens is 396 g/mol. The summed E-state index contributed by atoms with van der Waals surface area (Å²) in [4.78, 5) is 26.6. The number of carbonyl (C=O) groups is 1. The Bertz CT molecular complexity index is 1080. The normalized spacial score (nSPS) is 15.0. The molecule has 1 aromatic carbocycles. The highest BCUT2D eigenvalue weighted by Gasteiger charge is 2.25. The van der Waals surface area contributed by atoms with E-state index in [9.17, 15) is 9.59 Å². The molecule has 1 saturated heterocycles. The predicted molar refractivity (Wildman–Crippen MR) is 116 cm³/mol. The Morgan fingerprint density at radius 3 is 2.58 bits per heavy atom. The van der Waals surface area contributed by atoms with E-state index in [0.29, 0.717) is 23.6 Å². The SMILES string of the molecule is COc1ccc(C(CNC(=O)c2cnn(-c3ccc(=O)[nH]n3)c2C)N2CCCC2)cc1. The fourth-order valence-corrected chi connectivity index (χ4v) is 3.94. The number of benzene rings is 1. The van der Waals surface area contributed by atoms with Crippen LogP contribution in [-0.2, 0) is 0 Å². The summed E-state index contributed by atoms with van der Waals surface area (Å²) in [7, 11) is 1.65. The summed E-state index contributed by atoms with van der Waals surface area (Å²) in [6.07, 6.45) is 3.85. The quantitative estimate of drug-likeness (QED) is 0.602. The Hall–Kier alpha value is -3.46. The Morgan fingerprint density at radius 1 is 1.19 bits per heavy atom. The predicted octanol–water partition coefficient (Wildman–Crippen LogP) is 1.84. The van der Waals surface area contributed by atoms with Crippen LogP contribution in [0.4, 0.5) is 0 Å². The molecule has 1 fully saturated rings. The molecule has 162 valence electrons. The molecule has 9 nitrogen and oxygen atoms in total. The van der Waals surface area contributed by atoms with E-state index in [4.69, 9.17) is 4.74 Å². The van der Waals surface area contributed by atoms with Crippen LogP contribution in [0.15, 0.2) is 47.4 Å². The molecule has 1 aliphatic heterocycles. The van der Waals surface area contributed by atoms with Gasteiger partial charge in [-0.3, -0.25) is 14.5 Å². The summed E-state index contributed by atoms with van der Waals surface area (Å²) in [5, 5.41) is 13.7. The number of methoxy groups -OCH3 is 1. The van der Waals surface area contributed by atoms with Gasteiger partial charge in [-0.05, 0) is 56.6 Å². The van der Waals surface area contributed by atoms with Crippen LogP contribution in [0.1, 0.15) is 40.5 Å². The number of hydrogen-bond acceptors (Lipinski definition) is 6. The van der Waals surface area contributed by atoms with E-state index in [0.717, 1.165) is 24.4 Å². The number of amides is 1. The van der Waals surface area contributed by atoms with Crippen molar-refractivity contribution in [3.05, 3.63) is 69.8 Å². The number of likely N-dealkylation sites (tertiary alicyclic amines) is 1. The summed E-state index contributed by atoms with van der Waals surface area (Å²) in [6.45, 7) is 4.33. The maximum absolute atomic E-state index is 12.9. The van der Waals surface area contributed by atoms with Gasteiger partial charge in [0.25, 0.3) is 11.5 Å². The fourth-order valence-electron chi connectivity index (χ4n) is 3.94. The van der Waals surface area contributed by atoms with Crippen molar-refractivity contribution in [3.63, 3.8) is 0 Å². The van der Waals surface area contributed by atoms with Crippen LogP contribution in [0.25, 0.3) is 5.82 Å². The van der Waals surface area contributed by atoms with Crippen LogP contribution in [0.3, 0.4) is 0 Å². The van der Waals surface area contributed by atoms with Gasteiger partial charge in [0, 0.05) is 12.6 Å². The number of aromatic nitrogens is 4. The van der Waals surface area contributed by atoms with Crippen molar-refractivity contribution in [1.82, 2.24) is 30.2 Å². The molecule has 2 N–H and O–H groups in total. The second-order valence-corrected chi connectivity index (χ2v) is 7.58. The Balaban J connectivity index is 1.50. The van der Waals surface area contributed by atoms with Gasteiger partial charge in [0.05, 0.1) is 30.6 Å². The zero-order chi connectivity index (χ0) is 21.8. The van der Waals surface area contributed by atoms with E-state index >= 15 is 0 Å². The van der Waals surface area contributed by atoms with Gasteiger partial charge in [0.2, 0.25) is 0 Å². The maximum atomic E-state index is 12.9. The summed E-state index contributed by atoms with van der Waals surface area (Å²) >= 11 is 0. The third-order valence-corrected chi connectivity index (χ3v) is 5.67. The van der Waals surface area contributed by atoms with E-state index in [2.05, 4.69) is 37.6 Å². The number of ether oxygens (including phenoxy) is 1. The van der Waals surface area contributed by atoms with Gasteiger partial charge in [-0.2, -0.15) is 10.2 Å². The molecule has 31 heavy (non-hydrogen) atoms. The minimum atomic E-state index is -0.294. The van der Waals surface area contributed by atoms with Gasteiger partial charge >= 0.3 is 0 Å². The maximum Gasteiger partial charge on any atom is 0.264 e. The lowest BCUT2D eigenvalue weighted by atomic mass is 10.0. The first-order chi connectivity index (χ1) is 15.1. The van der Waals surface area contributed by atoms with Crippen LogP contribution >= 0.6 is 0 Å². The number of aromatic amines is 1.